The first-order chi connectivity index (χ1) is 7.88. The molecule has 0 bridgehead atoms. The summed E-state index contributed by atoms with van der Waals surface area (Å²) < 4.78 is 5.89. The van der Waals surface area contributed by atoms with Gasteiger partial charge in [0.15, 0.2) is 0 Å². The third kappa shape index (κ3) is 3.08. The molecule has 0 unspecified atom stereocenters. The van der Waals surface area contributed by atoms with Crippen LogP contribution in [0.25, 0.3) is 0 Å². The lowest BCUT2D eigenvalue weighted by atomic mass is 10.1. The van der Waals surface area contributed by atoms with Crippen LogP contribution in [-0.2, 0) is 0 Å². The van der Waals surface area contributed by atoms with E-state index in [-0.39, 0.29) is 0 Å². The molecule has 0 atom stereocenters. The van der Waals surface area contributed by atoms with Gasteiger partial charge in [0.25, 0.3) is 0 Å². The van der Waals surface area contributed by atoms with Crippen LogP contribution in [0.5, 0.6) is 5.88 Å². The van der Waals surface area contributed by atoms with Crippen molar-refractivity contribution in [3.05, 3.63) is 12.3 Å². The van der Waals surface area contributed by atoms with E-state index in [9.17, 15) is 0 Å². The highest BCUT2D eigenvalue weighted by molar-refractivity contribution is 5.26. The molecule has 0 spiro atoms. The van der Waals surface area contributed by atoms with Gasteiger partial charge in [-0.2, -0.15) is 4.98 Å². The van der Waals surface area contributed by atoms with Gasteiger partial charge in [-0.05, 0) is 25.7 Å². The van der Waals surface area contributed by atoms with Crippen molar-refractivity contribution in [2.45, 2.75) is 44.6 Å². The molecule has 0 aromatic carbocycles. The van der Waals surface area contributed by atoms with Gasteiger partial charge in [-0.15, -0.1) is 0 Å². The monoisotopic (exact) mass is 221 g/mol. The van der Waals surface area contributed by atoms with Crippen LogP contribution in [0.2, 0.25) is 0 Å². The van der Waals surface area contributed by atoms with E-state index in [0.29, 0.717) is 17.9 Å². The molecule has 4 heteroatoms. The summed E-state index contributed by atoms with van der Waals surface area (Å²) in [6.45, 7) is 0. The molecule has 1 aromatic rings. The first-order valence-electron chi connectivity index (χ1n) is 6.06. The van der Waals surface area contributed by atoms with Gasteiger partial charge in [-0.3, -0.25) is 0 Å². The van der Waals surface area contributed by atoms with Crippen molar-refractivity contribution >= 4 is 5.95 Å². The van der Waals surface area contributed by atoms with Crippen molar-refractivity contribution < 1.29 is 4.74 Å². The third-order valence-electron chi connectivity index (χ3n) is 2.94. The van der Waals surface area contributed by atoms with E-state index < -0.39 is 0 Å². The number of hydrogen-bond acceptors (Lipinski definition) is 4. The number of aromatic nitrogens is 2. The van der Waals surface area contributed by atoms with Gasteiger partial charge in [0.2, 0.25) is 11.8 Å². The van der Waals surface area contributed by atoms with Crippen molar-refractivity contribution in [3.8, 4) is 5.88 Å². The molecule has 4 nitrogen and oxygen atoms in total. The lowest BCUT2D eigenvalue weighted by Crippen LogP contribution is -2.16. The Morgan fingerprint density at radius 3 is 2.69 bits per heavy atom. The summed E-state index contributed by atoms with van der Waals surface area (Å²) in [4.78, 5) is 8.34. The zero-order valence-corrected chi connectivity index (χ0v) is 9.78. The number of anilines is 1. The van der Waals surface area contributed by atoms with Crippen LogP contribution >= 0.6 is 0 Å². The fraction of sp³-hybridized carbons (Fsp3) is 0.667. The van der Waals surface area contributed by atoms with E-state index in [0.717, 1.165) is 12.8 Å². The van der Waals surface area contributed by atoms with E-state index in [1.54, 1.807) is 6.20 Å². The maximum atomic E-state index is 5.89. The third-order valence-corrected chi connectivity index (χ3v) is 2.94. The van der Waals surface area contributed by atoms with E-state index in [1.807, 2.05) is 13.1 Å². The first kappa shape index (κ1) is 11.2. The quantitative estimate of drug-likeness (QED) is 0.797. The minimum atomic E-state index is 0.335. The average Bonchev–Trinajstić information content (AvgIpc) is 2.58. The Morgan fingerprint density at radius 2 is 2.00 bits per heavy atom. The van der Waals surface area contributed by atoms with Crippen LogP contribution < -0.4 is 10.1 Å². The van der Waals surface area contributed by atoms with Crippen LogP contribution in [0.3, 0.4) is 0 Å². The molecule has 1 N–H and O–H groups in total. The maximum Gasteiger partial charge on any atom is 0.225 e. The molecular formula is C12H19N3O. The molecule has 2 rings (SSSR count). The molecule has 1 heterocycles. The predicted molar refractivity (Wildman–Crippen MR) is 63.7 cm³/mol. The van der Waals surface area contributed by atoms with E-state index >= 15 is 0 Å². The van der Waals surface area contributed by atoms with E-state index in [4.69, 9.17) is 4.74 Å². The summed E-state index contributed by atoms with van der Waals surface area (Å²) in [5, 5.41) is 2.91. The largest absolute Gasteiger partial charge is 0.474 e. The molecule has 16 heavy (non-hydrogen) atoms. The van der Waals surface area contributed by atoms with Crippen molar-refractivity contribution in [3.63, 3.8) is 0 Å². The molecule has 0 saturated heterocycles. The minimum absolute atomic E-state index is 0.335. The Morgan fingerprint density at radius 1 is 1.25 bits per heavy atom. The Kier molecular flexibility index (Phi) is 3.97. The highest BCUT2D eigenvalue weighted by Crippen LogP contribution is 2.21. The topological polar surface area (TPSA) is 47.0 Å². The normalized spacial score (nSPS) is 17.8. The highest BCUT2D eigenvalue weighted by Gasteiger charge is 2.14. The van der Waals surface area contributed by atoms with Crippen molar-refractivity contribution in [2.24, 2.45) is 0 Å². The molecule has 1 saturated carbocycles. The summed E-state index contributed by atoms with van der Waals surface area (Å²) in [7, 11) is 1.81. The zero-order chi connectivity index (χ0) is 11.2. The lowest BCUT2D eigenvalue weighted by Gasteiger charge is -2.16. The first-order valence-corrected chi connectivity index (χ1v) is 6.06. The SMILES string of the molecule is CNc1nccc(OC2CCCCCC2)n1. The summed E-state index contributed by atoms with van der Waals surface area (Å²) in [6, 6.07) is 1.83. The molecule has 88 valence electrons. The smallest absolute Gasteiger partial charge is 0.225 e. The van der Waals surface area contributed by atoms with Gasteiger partial charge in [0.1, 0.15) is 6.10 Å². The Balaban J connectivity index is 1.96. The van der Waals surface area contributed by atoms with Crippen molar-refractivity contribution in [1.82, 2.24) is 9.97 Å². The van der Waals surface area contributed by atoms with Gasteiger partial charge < -0.3 is 10.1 Å². The Hall–Kier alpha value is -1.32. The van der Waals surface area contributed by atoms with Crippen LogP contribution in [0.4, 0.5) is 5.95 Å². The highest BCUT2D eigenvalue weighted by atomic mass is 16.5. The fourth-order valence-corrected chi connectivity index (χ4v) is 2.06. The van der Waals surface area contributed by atoms with Crippen molar-refractivity contribution in [1.29, 1.82) is 0 Å². The minimum Gasteiger partial charge on any atom is -0.474 e. The molecule has 1 aromatic heterocycles. The number of ether oxygens (including phenoxy) is 1. The summed E-state index contributed by atoms with van der Waals surface area (Å²) in [5.41, 5.74) is 0. The lowest BCUT2D eigenvalue weighted by molar-refractivity contribution is 0.176. The average molecular weight is 221 g/mol. The number of nitrogens with one attached hydrogen (secondary N) is 1. The predicted octanol–water partition coefficient (Wildman–Crippen LogP) is 2.62. The second kappa shape index (κ2) is 5.68. The Labute approximate surface area is 96.4 Å². The standard InChI is InChI=1S/C12H19N3O/c1-13-12-14-9-8-11(15-12)16-10-6-4-2-3-5-7-10/h8-10H,2-7H2,1H3,(H,13,14,15). The molecule has 0 aliphatic heterocycles. The van der Waals surface area contributed by atoms with Gasteiger partial charge in [-0.1, -0.05) is 12.8 Å². The van der Waals surface area contributed by atoms with Gasteiger partial charge in [0.05, 0.1) is 0 Å². The number of hydrogen-bond donors (Lipinski definition) is 1. The molecular weight excluding hydrogens is 202 g/mol. The van der Waals surface area contributed by atoms with E-state index in [1.165, 1.54) is 25.7 Å². The van der Waals surface area contributed by atoms with Crippen LogP contribution in [0.1, 0.15) is 38.5 Å². The van der Waals surface area contributed by atoms with Gasteiger partial charge in [0, 0.05) is 19.3 Å². The maximum absolute atomic E-state index is 5.89. The van der Waals surface area contributed by atoms with Crippen LogP contribution in [0.15, 0.2) is 12.3 Å². The van der Waals surface area contributed by atoms with Gasteiger partial charge in [-0.25, -0.2) is 4.98 Å². The zero-order valence-electron chi connectivity index (χ0n) is 9.78. The Bertz CT molecular complexity index is 322. The molecule has 0 amide bonds. The fourth-order valence-electron chi connectivity index (χ4n) is 2.06. The summed E-state index contributed by atoms with van der Waals surface area (Å²) in [6.07, 6.45) is 9.59. The van der Waals surface area contributed by atoms with Crippen molar-refractivity contribution in [2.75, 3.05) is 12.4 Å². The molecule has 0 radical (unpaired) electrons. The molecule has 1 aliphatic rings. The summed E-state index contributed by atoms with van der Waals surface area (Å²) in [5.74, 6) is 1.30. The molecule has 1 aliphatic carbocycles. The second-order valence-electron chi connectivity index (χ2n) is 4.20. The summed E-state index contributed by atoms with van der Waals surface area (Å²) >= 11 is 0. The van der Waals surface area contributed by atoms with Crippen LogP contribution in [-0.4, -0.2) is 23.1 Å². The number of nitrogens with zero attached hydrogens (tertiary/aromatic N) is 2. The second-order valence-corrected chi connectivity index (χ2v) is 4.20. The van der Waals surface area contributed by atoms with Gasteiger partial charge >= 0.3 is 0 Å². The van der Waals surface area contributed by atoms with E-state index in [2.05, 4.69) is 15.3 Å². The van der Waals surface area contributed by atoms with Crippen LogP contribution in [0, 0.1) is 0 Å². The molecule has 1 fully saturated rings. The number of rotatable bonds is 3.